The number of rotatable bonds is 5. The van der Waals surface area contributed by atoms with Gasteiger partial charge in [0.05, 0.1) is 11.9 Å². The maximum absolute atomic E-state index is 14.2. The molecule has 1 aromatic carbocycles. The fourth-order valence-corrected chi connectivity index (χ4v) is 4.50. The van der Waals surface area contributed by atoms with Gasteiger partial charge in [-0.1, -0.05) is 24.8 Å². The Hall–Kier alpha value is -3.05. The van der Waals surface area contributed by atoms with Gasteiger partial charge in [0, 0.05) is 18.6 Å². The number of nitrogens with zero attached hydrogens (tertiary/aromatic N) is 3. The van der Waals surface area contributed by atoms with Gasteiger partial charge in [-0.15, -0.1) is 0 Å². The molecule has 0 bridgehead atoms. The number of anilines is 2. The highest BCUT2D eigenvalue weighted by molar-refractivity contribution is 6.09. The van der Waals surface area contributed by atoms with Crippen LogP contribution in [-0.2, 0) is 0 Å². The van der Waals surface area contributed by atoms with Crippen molar-refractivity contribution in [3.8, 4) is 11.8 Å². The van der Waals surface area contributed by atoms with Crippen LogP contribution in [0.3, 0.4) is 0 Å². The molecule has 0 spiro atoms. The van der Waals surface area contributed by atoms with Crippen LogP contribution in [0.2, 0.25) is 0 Å². The number of halogens is 2. The molecule has 3 N–H and O–H groups in total. The summed E-state index contributed by atoms with van der Waals surface area (Å²) in [5.74, 6) is 6.10. The van der Waals surface area contributed by atoms with Crippen LogP contribution in [0.4, 0.5) is 26.1 Å². The van der Waals surface area contributed by atoms with E-state index in [1.54, 1.807) is 6.20 Å². The van der Waals surface area contributed by atoms with Crippen molar-refractivity contribution in [3.05, 3.63) is 41.7 Å². The van der Waals surface area contributed by atoms with Gasteiger partial charge in [0.25, 0.3) is 0 Å². The summed E-state index contributed by atoms with van der Waals surface area (Å²) < 4.78 is 28.5. The minimum absolute atomic E-state index is 0.158. The van der Waals surface area contributed by atoms with Crippen LogP contribution >= 0.6 is 0 Å². The Labute approximate surface area is 199 Å². The first-order valence-electron chi connectivity index (χ1n) is 12.0. The molecule has 0 atom stereocenters. The van der Waals surface area contributed by atoms with Gasteiger partial charge in [-0.05, 0) is 69.4 Å². The predicted molar refractivity (Wildman–Crippen MR) is 130 cm³/mol. The molecule has 2 fully saturated rings. The van der Waals surface area contributed by atoms with E-state index < -0.39 is 11.6 Å². The first kappa shape index (κ1) is 24.1. The lowest BCUT2D eigenvalue weighted by Gasteiger charge is -2.27. The van der Waals surface area contributed by atoms with Crippen molar-refractivity contribution in [2.24, 2.45) is 16.8 Å². The molecular weight excluding hydrogens is 436 g/mol. The number of hydrogen-bond donors (Lipinski definition) is 3. The average Bonchev–Trinajstić information content (AvgIpc) is 3.35. The summed E-state index contributed by atoms with van der Waals surface area (Å²) in [5, 5.41) is 15.4. The van der Waals surface area contributed by atoms with Crippen LogP contribution in [0, 0.1) is 42.2 Å². The highest BCUT2D eigenvalue weighted by atomic mass is 19.1. The molecule has 2 aliphatic rings. The molecule has 0 saturated heterocycles. The Bertz CT molecular complexity index is 1060. The first-order chi connectivity index (χ1) is 16.5. The van der Waals surface area contributed by atoms with Gasteiger partial charge in [-0.2, -0.15) is 0 Å². The van der Waals surface area contributed by atoms with Gasteiger partial charge in [-0.3, -0.25) is 0 Å². The Balaban J connectivity index is 1.54. The summed E-state index contributed by atoms with van der Waals surface area (Å²) in [7, 11) is 0. The van der Waals surface area contributed by atoms with Gasteiger partial charge >= 0.3 is 0 Å². The molecule has 8 heteroatoms. The second-order valence-corrected chi connectivity index (χ2v) is 9.14. The molecule has 6 nitrogen and oxygen atoms in total. The number of para-hydroxylation sites is 1. The molecule has 0 aliphatic heterocycles. The molecule has 2 aliphatic carbocycles. The van der Waals surface area contributed by atoms with E-state index >= 15 is 0 Å². The van der Waals surface area contributed by atoms with E-state index in [1.165, 1.54) is 18.2 Å². The van der Waals surface area contributed by atoms with Crippen molar-refractivity contribution >= 4 is 23.2 Å². The molecule has 34 heavy (non-hydrogen) atoms. The van der Waals surface area contributed by atoms with Crippen LogP contribution in [0.5, 0.6) is 0 Å². The van der Waals surface area contributed by atoms with E-state index in [4.69, 9.17) is 0 Å². The van der Waals surface area contributed by atoms with Gasteiger partial charge in [0.1, 0.15) is 23.0 Å². The van der Waals surface area contributed by atoms with Crippen molar-refractivity contribution in [1.29, 1.82) is 0 Å². The number of aliphatic hydroxyl groups excluding tert-OH is 1. The lowest BCUT2D eigenvalue weighted by Crippen LogP contribution is -2.28. The van der Waals surface area contributed by atoms with E-state index in [-0.39, 0.29) is 30.1 Å². The number of aryl methyl sites for hydroxylation is 1. The van der Waals surface area contributed by atoms with Crippen molar-refractivity contribution in [2.45, 2.75) is 64.3 Å². The summed E-state index contributed by atoms with van der Waals surface area (Å²) in [5.41, 5.74) is 0.837. The first-order valence-corrected chi connectivity index (χ1v) is 12.0. The monoisotopic (exact) mass is 467 g/mol. The second-order valence-electron chi connectivity index (χ2n) is 9.14. The number of hydrogen-bond acceptors (Lipinski definition) is 5. The van der Waals surface area contributed by atoms with E-state index in [9.17, 15) is 13.9 Å². The highest BCUT2D eigenvalue weighted by Gasteiger charge is 2.21. The lowest BCUT2D eigenvalue weighted by atomic mass is 9.87. The second kappa shape index (κ2) is 11.4. The van der Waals surface area contributed by atoms with Gasteiger partial charge < -0.3 is 15.7 Å². The quantitative estimate of drug-likeness (QED) is 0.313. The summed E-state index contributed by atoms with van der Waals surface area (Å²) in [6.07, 6.45) is 9.83. The normalized spacial score (nSPS) is 21.1. The van der Waals surface area contributed by atoms with Crippen LogP contribution in [-0.4, -0.2) is 33.6 Å². The minimum atomic E-state index is -0.709. The predicted octanol–water partition coefficient (Wildman–Crippen LogP) is 5.36. The van der Waals surface area contributed by atoms with Gasteiger partial charge in [0.15, 0.2) is 5.84 Å². The lowest BCUT2D eigenvalue weighted by molar-refractivity contribution is 0.185. The topological polar surface area (TPSA) is 82.4 Å². The van der Waals surface area contributed by atoms with Crippen molar-refractivity contribution in [2.75, 3.05) is 17.2 Å². The number of aromatic nitrogens is 2. The molecule has 2 saturated carbocycles. The van der Waals surface area contributed by atoms with E-state index in [1.807, 2.05) is 6.92 Å². The molecule has 2 aromatic rings. The standard InChI is InChI=1S/C26H31F2N5O/c1-17-23(15-29-26(30-17)31-20-12-9-19(16-34)10-13-20)32-24(14-11-18-5-2-3-6-18)33-25-21(27)7-4-8-22(25)28/h4,7-8,15,18-20,34H,2-3,5-6,9-10,12-13,16H2,1H3,(H,32,33)(H,29,30,31)/t19-,20-. The largest absolute Gasteiger partial charge is 0.396 e. The van der Waals surface area contributed by atoms with Crippen LogP contribution in [0.1, 0.15) is 57.1 Å². The molecule has 1 heterocycles. The molecule has 1 aromatic heterocycles. The third kappa shape index (κ3) is 6.29. The number of benzene rings is 1. The van der Waals surface area contributed by atoms with Crippen molar-refractivity contribution < 1.29 is 13.9 Å². The third-order valence-electron chi connectivity index (χ3n) is 6.58. The zero-order chi connectivity index (χ0) is 23.9. The Morgan fingerprint density at radius 2 is 1.82 bits per heavy atom. The summed E-state index contributed by atoms with van der Waals surface area (Å²) in [6, 6.07) is 3.97. The summed E-state index contributed by atoms with van der Waals surface area (Å²) in [6.45, 7) is 2.06. The number of nitrogens with one attached hydrogen (secondary N) is 2. The molecule has 0 radical (unpaired) electrons. The Morgan fingerprint density at radius 3 is 2.47 bits per heavy atom. The zero-order valence-corrected chi connectivity index (χ0v) is 19.5. The molecule has 0 unspecified atom stereocenters. The third-order valence-corrected chi connectivity index (χ3v) is 6.58. The van der Waals surface area contributed by atoms with Gasteiger partial charge in [0.2, 0.25) is 5.95 Å². The smallest absolute Gasteiger partial charge is 0.223 e. The van der Waals surface area contributed by atoms with Crippen LogP contribution in [0.15, 0.2) is 29.4 Å². The SMILES string of the molecule is Cc1nc(N[C@H]2CC[C@H](CO)CC2)ncc1/N=C(\C#CC1CCCC1)Nc1c(F)cccc1F. The summed E-state index contributed by atoms with van der Waals surface area (Å²) >= 11 is 0. The molecular formula is C26H31F2N5O. The number of aliphatic hydroxyl groups is 1. The van der Waals surface area contributed by atoms with Gasteiger partial charge in [-0.25, -0.2) is 23.7 Å². The van der Waals surface area contributed by atoms with Crippen LogP contribution in [0.25, 0.3) is 0 Å². The number of amidine groups is 1. The highest BCUT2D eigenvalue weighted by Crippen LogP contribution is 2.27. The fourth-order valence-electron chi connectivity index (χ4n) is 4.50. The Kier molecular flexibility index (Phi) is 8.07. The molecule has 180 valence electrons. The van der Waals surface area contributed by atoms with Crippen molar-refractivity contribution in [1.82, 2.24) is 9.97 Å². The number of aliphatic imine (C=N–C) groups is 1. The van der Waals surface area contributed by atoms with Crippen molar-refractivity contribution in [3.63, 3.8) is 0 Å². The van der Waals surface area contributed by atoms with E-state index in [0.29, 0.717) is 23.2 Å². The summed E-state index contributed by atoms with van der Waals surface area (Å²) in [4.78, 5) is 13.5. The molecule has 0 amide bonds. The fraction of sp³-hybridized carbons (Fsp3) is 0.500. The van der Waals surface area contributed by atoms with E-state index in [0.717, 1.165) is 51.4 Å². The molecule has 4 rings (SSSR count). The Morgan fingerprint density at radius 1 is 1.12 bits per heavy atom. The maximum Gasteiger partial charge on any atom is 0.223 e. The zero-order valence-electron chi connectivity index (χ0n) is 19.5. The average molecular weight is 468 g/mol. The minimum Gasteiger partial charge on any atom is -0.396 e. The van der Waals surface area contributed by atoms with Crippen LogP contribution < -0.4 is 10.6 Å². The van der Waals surface area contributed by atoms with E-state index in [2.05, 4.69) is 37.4 Å². The maximum atomic E-state index is 14.2.